The fourth-order valence-electron chi connectivity index (χ4n) is 1.76. The van der Waals surface area contributed by atoms with Crippen molar-refractivity contribution in [3.8, 4) is 5.75 Å². The van der Waals surface area contributed by atoms with E-state index in [4.69, 9.17) is 4.74 Å². The monoisotopic (exact) mass is 277 g/mol. The summed E-state index contributed by atoms with van der Waals surface area (Å²) in [4.78, 5) is 12.0. The molecule has 2 rings (SSSR count). The maximum Gasteiger partial charge on any atom is 0.258 e. The summed E-state index contributed by atoms with van der Waals surface area (Å²) in [5.74, 6) is -1.70. The molecule has 0 saturated heterocycles. The van der Waals surface area contributed by atoms with Crippen LogP contribution in [0.3, 0.4) is 0 Å². The van der Waals surface area contributed by atoms with E-state index >= 15 is 0 Å². The number of rotatable bonds is 3. The average Bonchev–Trinajstić information content (AvgIpc) is 2.43. The molecule has 0 aromatic heterocycles. The molecule has 5 heteroatoms. The van der Waals surface area contributed by atoms with E-state index in [-0.39, 0.29) is 11.3 Å². The van der Waals surface area contributed by atoms with E-state index in [9.17, 15) is 13.6 Å². The van der Waals surface area contributed by atoms with Gasteiger partial charge in [0.15, 0.2) is 11.6 Å². The molecule has 0 aliphatic carbocycles. The zero-order valence-electron chi connectivity index (χ0n) is 11.0. The zero-order valence-corrected chi connectivity index (χ0v) is 11.0. The topological polar surface area (TPSA) is 38.3 Å². The molecule has 0 atom stereocenters. The van der Waals surface area contributed by atoms with Crippen molar-refractivity contribution in [2.24, 2.45) is 0 Å². The molecule has 0 aliphatic rings. The molecule has 2 aromatic rings. The van der Waals surface area contributed by atoms with Gasteiger partial charge in [-0.3, -0.25) is 4.79 Å². The van der Waals surface area contributed by atoms with Crippen molar-refractivity contribution in [3.63, 3.8) is 0 Å². The number of hydrogen-bond acceptors (Lipinski definition) is 2. The van der Waals surface area contributed by atoms with E-state index in [0.717, 1.165) is 0 Å². The standard InChI is InChI=1S/C15H13F2NO2/c1-9-4-3-5-11(14(9)17)15(19)18-10-6-7-12(16)13(8-10)20-2/h3-8H,1-2H3,(H,18,19). The van der Waals surface area contributed by atoms with Gasteiger partial charge in [-0.1, -0.05) is 12.1 Å². The van der Waals surface area contributed by atoms with Crippen molar-refractivity contribution >= 4 is 11.6 Å². The van der Waals surface area contributed by atoms with Gasteiger partial charge in [-0.15, -0.1) is 0 Å². The van der Waals surface area contributed by atoms with Gasteiger partial charge in [-0.05, 0) is 30.7 Å². The van der Waals surface area contributed by atoms with Crippen molar-refractivity contribution in [1.29, 1.82) is 0 Å². The van der Waals surface area contributed by atoms with Gasteiger partial charge < -0.3 is 10.1 Å². The Morgan fingerprint density at radius 1 is 1.20 bits per heavy atom. The summed E-state index contributed by atoms with van der Waals surface area (Å²) in [6, 6.07) is 8.44. The van der Waals surface area contributed by atoms with E-state index in [1.807, 2.05) is 0 Å². The Labute approximate surface area is 115 Å². The third-order valence-electron chi connectivity index (χ3n) is 2.85. The first kappa shape index (κ1) is 14.0. The summed E-state index contributed by atoms with van der Waals surface area (Å²) in [6.07, 6.45) is 0. The molecule has 0 aliphatic heterocycles. The van der Waals surface area contributed by atoms with Crippen molar-refractivity contribution in [2.75, 3.05) is 12.4 Å². The fourth-order valence-corrected chi connectivity index (χ4v) is 1.76. The third kappa shape index (κ3) is 2.77. The Morgan fingerprint density at radius 3 is 2.65 bits per heavy atom. The van der Waals surface area contributed by atoms with Crippen molar-refractivity contribution in [1.82, 2.24) is 0 Å². The lowest BCUT2D eigenvalue weighted by atomic mass is 10.1. The van der Waals surface area contributed by atoms with Gasteiger partial charge in [-0.25, -0.2) is 8.78 Å². The van der Waals surface area contributed by atoms with E-state index in [1.165, 1.54) is 31.4 Å². The zero-order chi connectivity index (χ0) is 14.7. The predicted molar refractivity (Wildman–Crippen MR) is 72.0 cm³/mol. The maximum atomic E-state index is 13.8. The van der Waals surface area contributed by atoms with Crippen LogP contribution in [0.25, 0.3) is 0 Å². The molecule has 1 N–H and O–H groups in total. The first-order valence-electron chi connectivity index (χ1n) is 5.93. The van der Waals surface area contributed by atoms with Gasteiger partial charge in [0.1, 0.15) is 5.82 Å². The number of amides is 1. The smallest absolute Gasteiger partial charge is 0.258 e. The molecule has 0 bridgehead atoms. The van der Waals surface area contributed by atoms with Gasteiger partial charge in [-0.2, -0.15) is 0 Å². The van der Waals surface area contributed by atoms with Crippen LogP contribution >= 0.6 is 0 Å². The molecule has 104 valence electrons. The summed E-state index contributed by atoms with van der Waals surface area (Å²) in [7, 11) is 1.32. The highest BCUT2D eigenvalue weighted by Gasteiger charge is 2.14. The number of carbonyl (C=O) groups is 1. The van der Waals surface area contributed by atoms with Crippen LogP contribution in [0.1, 0.15) is 15.9 Å². The lowest BCUT2D eigenvalue weighted by Crippen LogP contribution is -2.14. The summed E-state index contributed by atoms with van der Waals surface area (Å²) >= 11 is 0. The second kappa shape index (κ2) is 5.69. The van der Waals surface area contributed by atoms with Crippen LogP contribution in [0.5, 0.6) is 5.75 Å². The third-order valence-corrected chi connectivity index (χ3v) is 2.85. The Balaban J connectivity index is 2.26. The van der Waals surface area contributed by atoms with Crippen LogP contribution < -0.4 is 10.1 Å². The number of aryl methyl sites for hydroxylation is 1. The van der Waals surface area contributed by atoms with Gasteiger partial charge in [0.2, 0.25) is 0 Å². The Kier molecular flexibility index (Phi) is 3.98. The molecule has 0 spiro atoms. The van der Waals surface area contributed by atoms with E-state index < -0.39 is 17.5 Å². The lowest BCUT2D eigenvalue weighted by Gasteiger charge is -2.09. The van der Waals surface area contributed by atoms with Crippen LogP contribution in [-0.4, -0.2) is 13.0 Å². The minimum absolute atomic E-state index is 0.00696. The van der Waals surface area contributed by atoms with Crippen molar-refractivity contribution in [2.45, 2.75) is 6.92 Å². The highest BCUT2D eigenvalue weighted by atomic mass is 19.1. The number of ether oxygens (including phenoxy) is 1. The number of hydrogen-bond donors (Lipinski definition) is 1. The minimum atomic E-state index is -0.597. The number of methoxy groups -OCH3 is 1. The van der Waals surface area contributed by atoms with Crippen LogP contribution in [0, 0.1) is 18.6 Å². The molecular formula is C15H13F2NO2. The van der Waals surface area contributed by atoms with Crippen LogP contribution in [-0.2, 0) is 0 Å². The van der Waals surface area contributed by atoms with Crippen LogP contribution in [0.2, 0.25) is 0 Å². The molecule has 0 heterocycles. The van der Waals surface area contributed by atoms with Crippen molar-refractivity contribution in [3.05, 3.63) is 59.2 Å². The summed E-state index contributed by atoms with van der Waals surface area (Å²) in [6.45, 7) is 1.58. The van der Waals surface area contributed by atoms with E-state index in [0.29, 0.717) is 11.3 Å². The number of halogens is 2. The molecule has 0 fully saturated rings. The SMILES string of the molecule is COc1cc(NC(=O)c2cccc(C)c2F)ccc1F. The second-order valence-electron chi connectivity index (χ2n) is 4.24. The first-order chi connectivity index (χ1) is 9.52. The minimum Gasteiger partial charge on any atom is -0.494 e. The number of anilines is 1. The average molecular weight is 277 g/mol. The fraction of sp³-hybridized carbons (Fsp3) is 0.133. The largest absolute Gasteiger partial charge is 0.494 e. The molecule has 1 amide bonds. The van der Waals surface area contributed by atoms with Crippen LogP contribution in [0.4, 0.5) is 14.5 Å². The number of carbonyl (C=O) groups excluding carboxylic acids is 1. The summed E-state index contributed by atoms with van der Waals surface area (Å²) < 4.78 is 31.9. The second-order valence-corrected chi connectivity index (χ2v) is 4.24. The summed E-state index contributed by atoms with van der Waals surface area (Å²) in [5.41, 5.74) is 0.650. The molecule has 0 saturated carbocycles. The summed E-state index contributed by atoms with van der Waals surface area (Å²) in [5, 5.41) is 2.50. The first-order valence-corrected chi connectivity index (χ1v) is 5.93. The van der Waals surface area contributed by atoms with Gasteiger partial charge in [0.25, 0.3) is 5.91 Å². The molecule has 3 nitrogen and oxygen atoms in total. The van der Waals surface area contributed by atoms with Gasteiger partial charge in [0, 0.05) is 11.8 Å². The van der Waals surface area contributed by atoms with Crippen molar-refractivity contribution < 1.29 is 18.3 Å². The molecular weight excluding hydrogens is 264 g/mol. The predicted octanol–water partition coefficient (Wildman–Crippen LogP) is 3.53. The van der Waals surface area contributed by atoms with Gasteiger partial charge >= 0.3 is 0 Å². The highest BCUT2D eigenvalue weighted by Crippen LogP contribution is 2.22. The quantitative estimate of drug-likeness (QED) is 0.932. The number of nitrogens with one attached hydrogen (secondary N) is 1. The Bertz CT molecular complexity index is 656. The number of benzene rings is 2. The maximum absolute atomic E-state index is 13.8. The van der Waals surface area contributed by atoms with Crippen LogP contribution in [0.15, 0.2) is 36.4 Å². The lowest BCUT2D eigenvalue weighted by molar-refractivity contribution is 0.102. The highest BCUT2D eigenvalue weighted by molar-refractivity contribution is 6.04. The molecule has 0 unspecified atom stereocenters. The van der Waals surface area contributed by atoms with E-state index in [2.05, 4.69) is 5.32 Å². The molecule has 2 aromatic carbocycles. The molecule has 20 heavy (non-hydrogen) atoms. The Hall–Kier alpha value is -2.43. The van der Waals surface area contributed by atoms with Gasteiger partial charge in [0.05, 0.1) is 12.7 Å². The van der Waals surface area contributed by atoms with E-state index in [1.54, 1.807) is 19.1 Å². The normalized spacial score (nSPS) is 10.2. The molecule has 0 radical (unpaired) electrons. The Morgan fingerprint density at radius 2 is 1.95 bits per heavy atom.